The molecule has 3 aromatic rings. The number of amides is 1. The Labute approximate surface area is 170 Å². The van der Waals surface area contributed by atoms with E-state index in [2.05, 4.69) is 31.2 Å². The summed E-state index contributed by atoms with van der Waals surface area (Å²) in [6, 6.07) is 28.1. The Hall–Kier alpha value is -2.85. The fourth-order valence-corrected chi connectivity index (χ4v) is 4.42. The van der Waals surface area contributed by atoms with Crippen molar-refractivity contribution < 1.29 is 4.79 Å². The van der Waals surface area contributed by atoms with E-state index in [4.69, 9.17) is 4.99 Å². The zero-order chi connectivity index (χ0) is 19.3. The number of rotatable bonds is 5. The lowest BCUT2D eigenvalue weighted by molar-refractivity contribution is -0.116. The quantitative estimate of drug-likeness (QED) is 0.569. The number of aryl methyl sites for hydroxylation is 1. The third-order valence-corrected chi connectivity index (χ3v) is 5.92. The summed E-state index contributed by atoms with van der Waals surface area (Å²) in [6.07, 6.45) is 1.72. The van der Waals surface area contributed by atoms with Crippen molar-refractivity contribution in [1.29, 1.82) is 0 Å². The molecule has 140 valence electrons. The topological polar surface area (TPSA) is 32.7 Å². The lowest BCUT2D eigenvalue weighted by Crippen LogP contribution is -2.32. The first kappa shape index (κ1) is 18.5. The lowest BCUT2D eigenvalue weighted by Gasteiger charge is -2.16. The zero-order valence-electron chi connectivity index (χ0n) is 15.8. The second-order valence-electron chi connectivity index (χ2n) is 6.72. The van der Waals surface area contributed by atoms with Gasteiger partial charge in [-0.1, -0.05) is 79.3 Å². The van der Waals surface area contributed by atoms with Crippen molar-refractivity contribution in [2.75, 3.05) is 4.90 Å². The van der Waals surface area contributed by atoms with Gasteiger partial charge in [0.25, 0.3) is 0 Å². The van der Waals surface area contributed by atoms with Gasteiger partial charge in [0.1, 0.15) is 0 Å². The average Bonchev–Trinajstić information content (AvgIpc) is 3.04. The highest BCUT2D eigenvalue weighted by molar-refractivity contribution is 8.16. The van der Waals surface area contributed by atoms with Gasteiger partial charge in [0.05, 0.1) is 16.6 Å². The maximum Gasteiger partial charge on any atom is 0.247 e. The minimum Gasteiger partial charge on any atom is -0.273 e. The van der Waals surface area contributed by atoms with E-state index in [1.807, 2.05) is 60.7 Å². The maximum absolute atomic E-state index is 13.3. The van der Waals surface area contributed by atoms with Crippen LogP contribution in [0.4, 0.5) is 11.4 Å². The monoisotopic (exact) mass is 386 g/mol. The molecule has 0 aromatic heterocycles. The Morgan fingerprint density at radius 2 is 1.46 bits per heavy atom. The highest BCUT2D eigenvalue weighted by Gasteiger charge is 2.38. The SMILES string of the molecule is CCc1ccc(CC2SC(=Nc3ccccc3)N(c3ccccc3)C2=O)cc1. The fourth-order valence-electron chi connectivity index (χ4n) is 3.23. The molecule has 1 aliphatic heterocycles. The van der Waals surface area contributed by atoms with Gasteiger partial charge in [0, 0.05) is 0 Å². The molecule has 0 bridgehead atoms. The largest absolute Gasteiger partial charge is 0.273 e. The molecule has 0 radical (unpaired) electrons. The summed E-state index contributed by atoms with van der Waals surface area (Å²) in [5.41, 5.74) is 4.20. The normalized spacial score (nSPS) is 18.0. The molecule has 1 heterocycles. The Morgan fingerprint density at radius 1 is 0.857 bits per heavy atom. The van der Waals surface area contributed by atoms with Crippen molar-refractivity contribution in [3.63, 3.8) is 0 Å². The molecule has 1 fully saturated rings. The molecule has 0 spiro atoms. The van der Waals surface area contributed by atoms with E-state index in [9.17, 15) is 4.79 Å². The number of aliphatic imine (C=N–C) groups is 1. The molecule has 1 saturated heterocycles. The van der Waals surface area contributed by atoms with Crippen LogP contribution in [0.3, 0.4) is 0 Å². The molecule has 3 aromatic carbocycles. The molecule has 0 aliphatic carbocycles. The Bertz CT molecular complexity index is 969. The second-order valence-corrected chi connectivity index (χ2v) is 7.89. The zero-order valence-corrected chi connectivity index (χ0v) is 16.6. The molecule has 0 saturated carbocycles. The predicted octanol–water partition coefficient (Wildman–Crippen LogP) is 5.63. The number of hydrogen-bond donors (Lipinski definition) is 0. The molecule has 4 rings (SSSR count). The summed E-state index contributed by atoms with van der Waals surface area (Å²) >= 11 is 1.55. The number of hydrogen-bond acceptors (Lipinski definition) is 3. The van der Waals surface area contributed by atoms with Gasteiger partial charge in [-0.2, -0.15) is 0 Å². The lowest BCUT2D eigenvalue weighted by atomic mass is 10.1. The fraction of sp³-hybridized carbons (Fsp3) is 0.167. The highest BCUT2D eigenvalue weighted by atomic mass is 32.2. The number of thioether (sulfide) groups is 1. The van der Waals surface area contributed by atoms with Crippen LogP contribution in [-0.2, 0) is 17.6 Å². The first-order valence-electron chi connectivity index (χ1n) is 9.52. The van der Waals surface area contributed by atoms with Gasteiger partial charge in [-0.15, -0.1) is 0 Å². The Kier molecular flexibility index (Phi) is 5.58. The number of para-hydroxylation sites is 2. The summed E-state index contributed by atoms with van der Waals surface area (Å²) in [5, 5.41) is 0.563. The van der Waals surface area contributed by atoms with Crippen molar-refractivity contribution in [2.45, 2.75) is 25.0 Å². The summed E-state index contributed by atoms with van der Waals surface area (Å²) < 4.78 is 0. The van der Waals surface area contributed by atoms with Crippen LogP contribution in [-0.4, -0.2) is 16.3 Å². The van der Waals surface area contributed by atoms with Crippen LogP contribution in [0.5, 0.6) is 0 Å². The number of amidine groups is 1. The van der Waals surface area contributed by atoms with Crippen LogP contribution in [0, 0.1) is 0 Å². The van der Waals surface area contributed by atoms with Crippen LogP contribution in [0.1, 0.15) is 18.1 Å². The molecule has 1 aliphatic rings. The smallest absolute Gasteiger partial charge is 0.247 e. The van der Waals surface area contributed by atoms with Crippen molar-refractivity contribution in [3.8, 4) is 0 Å². The van der Waals surface area contributed by atoms with E-state index in [1.165, 1.54) is 11.1 Å². The van der Waals surface area contributed by atoms with E-state index in [0.717, 1.165) is 23.0 Å². The average molecular weight is 387 g/mol. The van der Waals surface area contributed by atoms with Gasteiger partial charge in [0.2, 0.25) is 5.91 Å². The molecule has 4 heteroatoms. The molecular formula is C24H22N2OS. The minimum absolute atomic E-state index is 0.0884. The van der Waals surface area contributed by atoms with E-state index >= 15 is 0 Å². The number of carbonyl (C=O) groups excluding carboxylic acids is 1. The van der Waals surface area contributed by atoms with Crippen LogP contribution in [0.2, 0.25) is 0 Å². The van der Waals surface area contributed by atoms with Crippen molar-refractivity contribution in [1.82, 2.24) is 0 Å². The summed E-state index contributed by atoms with van der Waals surface area (Å²) in [6.45, 7) is 2.15. The van der Waals surface area contributed by atoms with Crippen molar-refractivity contribution >= 4 is 34.2 Å². The maximum atomic E-state index is 13.3. The standard InChI is InChI=1S/C24H22N2OS/c1-2-18-13-15-19(16-14-18)17-22-23(27)26(21-11-7-4-8-12-21)24(28-22)25-20-9-5-3-6-10-20/h3-16,22H,2,17H2,1H3. The number of anilines is 1. The van der Waals surface area contributed by atoms with Gasteiger partial charge in [-0.3, -0.25) is 9.69 Å². The first-order valence-corrected chi connectivity index (χ1v) is 10.4. The van der Waals surface area contributed by atoms with Crippen LogP contribution < -0.4 is 4.90 Å². The van der Waals surface area contributed by atoms with Crippen molar-refractivity contribution in [2.24, 2.45) is 4.99 Å². The van der Waals surface area contributed by atoms with E-state index < -0.39 is 0 Å². The van der Waals surface area contributed by atoms with Gasteiger partial charge in [0.15, 0.2) is 5.17 Å². The molecule has 1 amide bonds. The Balaban J connectivity index is 1.64. The van der Waals surface area contributed by atoms with E-state index in [-0.39, 0.29) is 11.2 Å². The predicted molar refractivity (Wildman–Crippen MR) is 118 cm³/mol. The van der Waals surface area contributed by atoms with Gasteiger partial charge < -0.3 is 0 Å². The number of benzene rings is 3. The van der Waals surface area contributed by atoms with E-state index in [1.54, 1.807) is 16.7 Å². The minimum atomic E-state index is -0.171. The molecule has 3 nitrogen and oxygen atoms in total. The number of carbonyl (C=O) groups is 1. The number of nitrogens with zero attached hydrogens (tertiary/aromatic N) is 2. The van der Waals surface area contributed by atoms with Crippen LogP contribution >= 0.6 is 11.8 Å². The van der Waals surface area contributed by atoms with Gasteiger partial charge >= 0.3 is 0 Å². The molecule has 28 heavy (non-hydrogen) atoms. The third-order valence-electron chi connectivity index (χ3n) is 4.78. The third kappa shape index (κ3) is 4.02. The highest BCUT2D eigenvalue weighted by Crippen LogP contribution is 2.35. The van der Waals surface area contributed by atoms with Crippen molar-refractivity contribution in [3.05, 3.63) is 96.1 Å². The first-order chi connectivity index (χ1) is 13.7. The summed E-state index contributed by atoms with van der Waals surface area (Å²) in [5.74, 6) is 0.0884. The second kappa shape index (κ2) is 8.44. The van der Waals surface area contributed by atoms with E-state index in [0.29, 0.717) is 6.42 Å². The Morgan fingerprint density at radius 3 is 2.11 bits per heavy atom. The van der Waals surface area contributed by atoms with Crippen LogP contribution in [0.25, 0.3) is 0 Å². The molecule has 1 unspecified atom stereocenters. The molecule has 0 N–H and O–H groups in total. The molecular weight excluding hydrogens is 364 g/mol. The van der Waals surface area contributed by atoms with Gasteiger partial charge in [-0.05, 0) is 48.2 Å². The van der Waals surface area contributed by atoms with Gasteiger partial charge in [-0.25, -0.2) is 4.99 Å². The molecule has 1 atom stereocenters. The summed E-state index contributed by atoms with van der Waals surface area (Å²) in [4.78, 5) is 19.8. The summed E-state index contributed by atoms with van der Waals surface area (Å²) in [7, 11) is 0. The van der Waals surface area contributed by atoms with Crippen LogP contribution in [0.15, 0.2) is 89.9 Å².